The van der Waals surface area contributed by atoms with Gasteiger partial charge < -0.3 is 4.74 Å². The number of benzene rings is 2. The van der Waals surface area contributed by atoms with Crippen LogP contribution in [0, 0.1) is 0 Å². The molecule has 2 unspecified atom stereocenters. The molecule has 180 valence electrons. The zero-order chi connectivity index (χ0) is 25.2. The Bertz CT molecular complexity index is 1420. The second-order valence-corrected chi connectivity index (χ2v) is 10.7. The molecule has 0 radical (unpaired) electrons. The lowest BCUT2D eigenvalue weighted by Gasteiger charge is -2.46. The van der Waals surface area contributed by atoms with Crippen LogP contribution in [0.15, 0.2) is 71.3 Å². The van der Waals surface area contributed by atoms with E-state index in [2.05, 4.69) is 0 Å². The molecule has 2 aromatic carbocycles. The summed E-state index contributed by atoms with van der Waals surface area (Å²) in [5, 5.41) is 0. The number of rotatable bonds is 2. The molecule has 6 rings (SSSR count). The van der Waals surface area contributed by atoms with E-state index >= 15 is 17.6 Å². The number of hydrogen-bond acceptors (Lipinski definition) is 3. The molecule has 1 fully saturated rings. The molecule has 0 amide bonds. The van der Waals surface area contributed by atoms with Gasteiger partial charge in [0.05, 0.1) is 4.75 Å². The third-order valence-corrected chi connectivity index (χ3v) is 9.07. The van der Waals surface area contributed by atoms with Crippen LogP contribution in [0.3, 0.4) is 0 Å². The highest BCUT2D eigenvalue weighted by molar-refractivity contribution is 8.10. The molecule has 2 atom stereocenters. The van der Waals surface area contributed by atoms with E-state index in [0.717, 1.165) is 11.8 Å². The van der Waals surface area contributed by atoms with Gasteiger partial charge in [0.15, 0.2) is 5.60 Å². The van der Waals surface area contributed by atoms with Gasteiger partial charge in [-0.2, -0.15) is 26.3 Å². The lowest BCUT2D eigenvalue weighted by molar-refractivity contribution is -0.257. The molecule has 2 aromatic rings. The Kier molecular flexibility index (Phi) is 4.14. The van der Waals surface area contributed by atoms with Crippen LogP contribution in [0.5, 0.6) is 5.75 Å². The standard InChI is InChI=1S/C26H16F6O2S/c1-22-19(15-5-3-4-6-17(15)34-22)21-20(24(27,28)26(31,32)25(21,29)30)16-11-18(35-23(16,22)2)14-9-7-13(12-33)8-10-14/h3-12H,1-2H3. The topological polar surface area (TPSA) is 26.3 Å². The van der Waals surface area contributed by atoms with E-state index in [1.54, 1.807) is 25.1 Å². The van der Waals surface area contributed by atoms with E-state index in [9.17, 15) is 13.6 Å². The van der Waals surface area contributed by atoms with Gasteiger partial charge in [0.25, 0.3) is 0 Å². The summed E-state index contributed by atoms with van der Waals surface area (Å²) in [6.45, 7) is 3.03. The first-order valence-electron chi connectivity index (χ1n) is 10.7. The van der Waals surface area contributed by atoms with Crippen LogP contribution in [0.25, 0.3) is 10.5 Å². The van der Waals surface area contributed by atoms with Crippen molar-refractivity contribution in [3.63, 3.8) is 0 Å². The van der Waals surface area contributed by atoms with Gasteiger partial charge in [-0.25, -0.2) is 0 Å². The zero-order valence-electron chi connectivity index (χ0n) is 18.3. The van der Waals surface area contributed by atoms with Gasteiger partial charge in [0.1, 0.15) is 12.0 Å². The Morgan fingerprint density at radius 1 is 0.829 bits per heavy atom. The number of aldehydes is 1. The number of fused-ring (bicyclic) bond motifs is 6. The van der Waals surface area contributed by atoms with Crippen molar-refractivity contribution in [3.8, 4) is 5.75 Å². The van der Waals surface area contributed by atoms with Gasteiger partial charge in [-0.1, -0.05) is 42.5 Å². The zero-order valence-corrected chi connectivity index (χ0v) is 19.1. The fraction of sp³-hybridized carbons (Fsp3) is 0.269. The summed E-state index contributed by atoms with van der Waals surface area (Å²) in [6, 6.07) is 12.3. The molecule has 0 spiro atoms. The number of carbonyl (C=O) groups is 1. The highest BCUT2D eigenvalue weighted by Gasteiger charge is 2.84. The maximum absolute atomic E-state index is 15.3. The number of carbonyl (C=O) groups excluding carboxylic acids is 1. The molecule has 2 heterocycles. The van der Waals surface area contributed by atoms with Gasteiger partial charge >= 0.3 is 17.8 Å². The Hall–Kier alpha value is -2.94. The lowest BCUT2D eigenvalue weighted by atomic mass is 9.68. The predicted molar refractivity (Wildman–Crippen MR) is 120 cm³/mol. The van der Waals surface area contributed by atoms with Crippen molar-refractivity contribution < 1.29 is 35.9 Å². The summed E-state index contributed by atoms with van der Waals surface area (Å²) in [5.74, 6) is -15.7. The largest absolute Gasteiger partial charge is 0.480 e. The average Bonchev–Trinajstić information content (AvgIpc) is 3.36. The van der Waals surface area contributed by atoms with Crippen LogP contribution in [0.2, 0.25) is 0 Å². The molecule has 4 aliphatic rings. The van der Waals surface area contributed by atoms with Crippen LogP contribution in [-0.2, 0) is 0 Å². The van der Waals surface area contributed by atoms with Crippen molar-refractivity contribution in [2.45, 2.75) is 42.0 Å². The number of alkyl halides is 6. The Morgan fingerprint density at radius 3 is 2.11 bits per heavy atom. The summed E-state index contributed by atoms with van der Waals surface area (Å²) in [5.41, 5.74) is -3.97. The van der Waals surface area contributed by atoms with E-state index in [-0.39, 0.29) is 22.5 Å². The molecule has 1 saturated carbocycles. The Morgan fingerprint density at radius 2 is 1.46 bits per heavy atom. The van der Waals surface area contributed by atoms with Crippen LogP contribution >= 0.6 is 11.8 Å². The van der Waals surface area contributed by atoms with Gasteiger partial charge in [-0.3, -0.25) is 4.79 Å². The maximum Gasteiger partial charge on any atom is 0.380 e. The minimum atomic E-state index is -5.62. The molecular weight excluding hydrogens is 490 g/mol. The molecule has 0 saturated heterocycles. The number of hydrogen-bond donors (Lipinski definition) is 0. The first-order chi connectivity index (χ1) is 16.3. The summed E-state index contributed by atoms with van der Waals surface area (Å²) in [7, 11) is 0. The number of thioether (sulfide) groups is 1. The molecule has 9 heteroatoms. The fourth-order valence-electron chi connectivity index (χ4n) is 5.52. The van der Waals surface area contributed by atoms with E-state index < -0.39 is 39.3 Å². The molecule has 2 nitrogen and oxygen atoms in total. The second kappa shape index (κ2) is 6.43. The molecule has 2 aliphatic carbocycles. The SMILES string of the molecule is CC12Oc3ccccc3C1=C1C(=C3C=C(c4ccc(C=O)cc4)SC32C)C(F)(F)C(F)(F)C1(F)F. The molecule has 0 N–H and O–H groups in total. The summed E-state index contributed by atoms with van der Waals surface area (Å²) >= 11 is 1.09. The number of allylic oxidation sites excluding steroid dienone is 3. The van der Waals surface area contributed by atoms with Crippen LogP contribution in [0.4, 0.5) is 26.3 Å². The van der Waals surface area contributed by atoms with Crippen molar-refractivity contribution in [1.82, 2.24) is 0 Å². The highest BCUT2D eigenvalue weighted by atomic mass is 32.2. The number of ether oxygens (including phenoxy) is 1. The number of halogens is 6. The predicted octanol–water partition coefficient (Wildman–Crippen LogP) is 7.18. The summed E-state index contributed by atoms with van der Waals surface area (Å²) in [6.07, 6.45) is 1.91. The first kappa shape index (κ1) is 22.5. The minimum Gasteiger partial charge on any atom is -0.480 e. The molecule has 2 aliphatic heterocycles. The fourth-order valence-corrected chi connectivity index (χ4v) is 7.00. The van der Waals surface area contributed by atoms with E-state index in [0.29, 0.717) is 22.3 Å². The third kappa shape index (κ3) is 2.38. The van der Waals surface area contributed by atoms with Crippen molar-refractivity contribution >= 4 is 28.5 Å². The van der Waals surface area contributed by atoms with Crippen LogP contribution in [0.1, 0.15) is 35.3 Å². The van der Waals surface area contributed by atoms with E-state index in [4.69, 9.17) is 4.74 Å². The van der Waals surface area contributed by atoms with E-state index in [1.807, 2.05) is 0 Å². The third-order valence-electron chi connectivity index (χ3n) is 7.48. The molecule has 0 bridgehead atoms. The second-order valence-electron chi connectivity index (χ2n) is 9.28. The van der Waals surface area contributed by atoms with Gasteiger partial charge in [-0.05, 0) is 37.1 Å². The normalized spacial score (nSPS) is 30.8. The first-order valence-corrected chi connectivity index (χ1v) is 11.5. The Balaban J connectivity index is 1.70. The smallest absolute Gasteiger partial charge is 0.380 e. The van der Waals surface area contributed by atoms with Crippen molar-refractivity contribution in [2.75, 3.05) is 0 Å². The van der Waals surface area contributed by atoms with Crippen LogP contribution in [-0.4, -0.2) is 34.4 Å². The van der Waals surface area contributed by atoms with Gasteiger partial charge in [0.2, 0.25) is 0 Å². The Labute approximate surface area is 200 Å². The van der Waals surface area contributed by atoms with Crippen molar-refractivity contribution in [3.05, 3.63) is 88.0 Å². The molecule has 35 heavy (non-hydrogen) atoms. The monoisotopic (exact) mass is 506 g/mol. The van der Waals surface area contributed by atoms with Crippen molar-refractivity contribution in [1.29, 1.82) is 0 Å². The minimum absolute atomic E-state index is 0.0975. The van der Waals surface area contributed by atoms with Crippen molar-refractivity contribution in [2.24, 2.45) is 0 Å². The molecular formula is C26H16F6O2S. The average molecular weight is 506 g/mol. The quantitative estimate of drug-likeness (QED) is 0.319. The maximum atomic E-state index is 15.3. The van der Waals surface area contributed by atoms with Crippen LogP contribution < -0.4 is 4.74 Å². The summed E-state index contributed by atoms with van der Waals surface area (Å²) in [4.78, 5) is 11.4. The van der Waals surface area contributed by atoms with Gasteiger partial charge in [0, 0.05) is 32.8 Å². The van der Waals surface area contributed by atoms with E-state index in [1.165, 1.54) is 43.3 Å². The molecule has 0 aromatic heterocycles. The highest BCUT2D eigenvalue weighted by Crippen LogP contribution is 2.74. The number of para-hydroxylation sites is 1. The lowest BCUT2D eigenvalue weighted by Crippen LogP contribution is -2.53. The summed E-state index contributed by atoms with van der Waals surface area (Å²) < 4.78 is 95.5. The van der Waals surface area contributed by atoms with Gasteiger partial charge in [-0.15, -0.1) is 11.8 Å².